The molecule has 2 aliphatic heterocycles. The second-order valence-electron chi connectivity index (χ2n) is 9.23. The van der Waals surface area contributed by atoms with E-state index < -0.39 is 10.0 Å². The average Bonchev–Trinajstić information content (AvgIpc) is 2.84. The van der Waals surface area contributed by atoms with Gasteiger partial charge in [-0.15, -0.1) is 0 Å². The fourth-order valence-corrected chi connectivity index (χ4v) is 6.55. The zero-order valence-electron chi connectivity index (χ0n) is 19.6. The molecule has 2 heterocycles. The molecule has 6 nitrogen and oxygen atoms in total. The summed E-state index contributed by atoms with van der Waals surface area (Å²) in [5.41, 5.74) is 3.38. The van der Waals surface area contributed by atoms with Crippen LogP contribution in [-0.4, -0.2) is 49.7 Å². The van der Waals surface area contributed by atoms with Crippen molar-refractivity contribution >= 4 is 15.9 Å². The zero-order chi connectivity index (χ0) is 23.3. The summed E-state index contributed by atoms with van der Waals surface area (Å²) < 4.78 is 27.9. The summed E-state index contributed by atoms with van der Waals surface area (Å²) in [6.45, 7) is 6.45. The van der Waals surface area contributed by atoms with Gasteiger partial charge in [0.2, 0.25) is 10.0 Å². The molecular weight excluding hydrogens is 434 g/mol. The Balaban J connectivity index is 1.46. The third-order valence-corrected chi connectivity index (χ3v) is 8.82. The van der Waals surface area contributed by atoms with Crippen molar-refractivity contribution in [3.05, 3.63) is 64.7 Å². The van der Waals surface area contributed by atoms with Crippen LogP contribution in [0.4, 0.5) is 0 Å². The Hall–Kier alpha value is -2.22. The molecule has 4 rings (SSSR count). The number of hydrogen-bond donors (Lipinski definition) is 1. The number of hydrogen-bond acceptors (Lipinski definition) is 4. The molecule has 178 valence electrons. The van der Waals surface area contributed by atoms with Crippen LogP contribution >= 0.6 is 0 Å². The van der Waals surface area contributed by atoms with Gasteiger partial charge in [0.1, 0.15) is 0 Å². The van der Waals surface area contributed by atoms with Crippen molar-refractivity contribution in [1.82, 2.24) is 14.5 Å². The van der Waals surface area contributed by atoms with E-state index in [1.807, 2.05) is 12.1 Å². The van der Waals surface area contributed by atoms with Crippen LogP contribution < -0.4 is 5.32 Å². The lowest BCUT2D eigenvalue weighted by Crippen LogP contribution is -2.36. The zero-order valence-corrected chi connectivity index (χ0v) is 20.4. The molecule has 33 heavy (non-hydrogen) atoms. The van der Waals surface area contributed by atoms with Gasteiger partial charge >= 0.3 is 0 Å². The SMILES string of the molecule is Cc1ccc(C(=O)NCc2ccccc2CN2CCCCC2)cc1S(=O)(=O)N1CCCCC1. The number of nitrogens with one attached hydrogen (secondary N) is 1. The van der Waals surface area contributed by atoms with Gasteiger partial charge in [0.15, 0.2) is 0 Å². The summed E-state index contributed by atoms with van der Waals surface area (Å²) in [6.07, 6.45) is 6.63. The summed E-state index contributed by atoms with van der Waals surface area (Å²) in [5.74, 6) is -0.252. The topological polar surface area (TPSA) is 69.7 Å². The molecule has 0 aliphatic carbocycles. The monoisotopic (exact) mass is 469 g/mol. The highest BCUT2D eigenvalue weighted by molar-refractivity contribution is 7.89. The lowest BCUT2D eigenvalue weighted by molar-refractivity contribution is 0.0950. The first-order valence-corrected chi connectivity index (χ1v) is 13.6. The Morgan fingerprint density at radius 2 is 1.52 bits per heavy atom. The van der Waals surface area contributed by atoms with Crippen LogP contribution in [0.3, 0.4) is 0 Å². The predicted octanol–water partition coefficient (Wildman–Crippen LogP) is 4.09. The highest BCUT2D eigenvalue weighted by Crippen LogP contribution is 2.24. The summed E-state index contributed by atoms with van der Waals surface area (Å²) in [4.78, 5) is 15.7. The average molecular weight is 470 g/mol. The van der Waals surface area contributed by atoms with Crippen molar-refractivity contribution in [2.24, 2.45) is 0 Å². The number of likely N-dealkylation sites (tertiary alicyclic amines) is 1. The van der Waals surface area contributed by atoms with Gasteiger partial charge in [-0.05, 0) is 74.5 Å². The molecule has 1 N–H and O–H groups in total. The van der Waals surface area contributed by atoms with Crippen LogP contribution in [0.25, 0.3) is 0 Å². The summed E-state index contributed by atoms with van der Waals surface area (Å²) >= 11 is 0. The summed E-state index contributed by atoms with van der Waals surface area (Å²) in [6, 6.07) is 13.2. The van der Waals surface area contributed by atoms with Gasteiger partial charge in [-0.3, -0.25) is 9.69 Å². The number of aryl methyl sites for hydroxylation is 1. The van der Waals surface area contributed by atoms with Crippen molar-refractivity contribution in [2.45, 2.75) is 63.4 Å². The first kappa shape index (κ1) is 23.9. The van der Waals surface area contributed by atoms with Crippen LogP contribution in [-0.2, 0) is 23.1 Å². The second kappa shape index (κ2) is 10.8. The first-order valence-electron chi connectivity index (χ1n) is 12.1. The van der Waals surface area contributed by atoms with Crippen LogP contribution in [0, 0.1) is 6.92 Å². The number of rotatable bonds is 7. The predicted molar refractivity (Wildman–Crippen MR) is 131 cm³/mol. The maximum absolute atomic E-state index is 13.2. The molecule has 0 unspecified atom stereocenters. The number of amides is 1. The molecule has 2 aliphatic rings. The van der Waals surface area contributed by atoms with E-state index in [2.05, 4.69) is 22.3 Å². The van der Waals surface area contributed by atoms with Crippen LogP contribution in [0.2, 0.25) is 0 Å². The Morgan fingerprint density at radius 1 is 0.879 bits per heavy atom. The van der Waals surface area contributed by atoms with Gasteiger partial charge in [0, 0.05) is 31.7 Å². The molecule has 0 radical (unpaired) electrons. The van der Waals surface area contributed by atoms with Crippen LogP contribution in [0.5, 0.6) is 0 Å². The number of sulfonamides is 1. The molecule has 2 saturated heterocycles. The van der Waals surface area contributed by atoms with Crippen molar-refractivity contribution < 1.29 is 13.2 Å². The first-order chi connectivity index (χ1) is 15.9. The normalized spacial score (nSPS) is 18.2. The number of carbonyl (C=O) groups excluding carboxylic acids is 1. The van der Waals surface area contributed by atoms with Gasteiger partial charge in [-0.2, -0.15) is 4.31 Å². The van der Waals surface area contributed by atoms with E-state index in [9.17, 15) is 13.2 Å². The summed E-state index contributed by atoms with van der Waals surface area (Å²) in [5, 5.41) is 3.00. The highest BCUT2D eigenvalue weighted by atomic mass is 32.2. The van der Waals surface area contributed by atoms with Crippen molar-refractivity contribution in [3.8, 4) is 0 Å². The number of carbonyl (C=O) groups is 1. The van der Waals surface area contributed by atoms with E-state index in [0.717, 1.165) is 44.5 Å². The molecule has 0 spiro atoms. The molecule has 1 amide bonds. The van der Waals surface area contributed by atoms with E-state index in [-0.39, 0.29) is 10.8 Å². The molecule has 2 fully saturated rings. The van der Waals surface area contributed by atoms with E-state index in [1.54, 1.807) is 23.4 Å². The minimum absolute atomic E-state index is 0.238. The molecule has 2 aromatic carbocycles. The van der Waals surface area contributed by atoms with E-state index >= 15 is 0 Å². The molecule has 0 aromatic heterocycles. The molecular formula is C26H35N3O3S. The molecule has 0 atom stereocenters. The minimum atomic E-state index is -3.59. The fraction of sp³-hybridized carbons (Fsp3) is 0.500. The van der Waals surface area contributed by atoms with Gasteiger partial charge in [-0.25, -0.2) is 8.42 Å². The Kier molecular flexibility index (Phi) is 7.83. The van der Waals surface area contributed by atoms with Gasteiger partial charge in [0.05, 0.1) is 4.90 Å². The number of piperidine rings is 2. The van der Waals surface area contributed by atoms with Crippen LogP contribution in [0.1, 0.15) is 65.6 Å². The highest BCUT2D eigenvalue weighted by Gasteiger charge is 2.28. The van der Waals surface area contributed by atoms with Crippen molar-refractivity contribution in [1.29, 1.82) is 0 Å². The van der Waals surface area contributed by atoms with E-state index in [1.165, 1.54) is 30.9 Å². The largest absolute Gasteiger partial charge is 0.348 e. The summed E-state index contributed by atoms with van der Waals surface area (Å²) in [7, 11) is -3.59. The minimum Gasteiger partial charge on any atom is -0.348 e. The van der Waals surface area contributed by atoms with Crippen molar-refractivity contribution in [2.75, 3.05) is 26.2 Å². The van der Waals surface area contributed by atoms with Gasteiger partial charge in [-0.1, -0.05) is 43.2 Å². The maximum Gasteiger partial charge on any atom is 0.251 e. The van der Waals surface area contributed by atoms with E-state index in [0.29, 0.717) is 30.8 Å². The molecule has 0 bridgehead atoms. The molecule has 0 saturated carbocycles. The third kappa shape index (κ3) is 5.83. The quantitative estimate of drug-likeness (QED) is 0.663. The maximum atomic E-state index is 13.2. The second-order valence-corrected chi connectivity index (χ2v) is 11.1. The smallest absolute Gasteiger partial charge is 0.251 e. The Morgan fingerprint density at radius 3 is 2.21 bits per heavy atom. The van der Waals surface area contributed by atoms with Crippen LogP contribution in [0.15, 0.2) is 47.4 Å². The van der Waals surface area contributed by atoms with Crippen molar-refractivity contribution in [3.63, 3.8) is 0 Å². The standard InChI is InChI=1S/C26H35N3O3S/c1-21-12-13-22(18-25(21)33(31,32)29-16-8-3-9-17-29)26(30)27-19-23-10-4-5-11-24(23)20-28-14-6-2-7-15-28/h4-5,10-13,18H,2-3,6-9,14-17,19-20H2,1H3,(H,27,30). The van der Waals surface area contributed by atoms with Gasteiger partial charge in [0.25, 0.3) is 5.91 Å². The lowest BCUT2D eigenvalue weighted by atomic mass is 10.0. The number of benzene rings is 2. The Labute approximate surface area is 198 Å². The number of nitrogens with zero attached hydrogens (tertiary/aromatic N) is 2. The third-order valence-electron chi connectivity index (χ3n) is 6.78. The molecule has 7 heteroatoms. The lowest BCUT2D eigenvalue weighted by Gasteiger charge is -2.27. The van der Waals surface area contributed by atoms with E-state index in [4.69, 9.17) is 0 Å². The molecule has 2 aromatic rings. The van der Waals surface area contributed by atoms with Gasteiger partial charge < -0.3 is 5.32 Å². The fourth-order valence-electron chi connectivity index (χ4n) is 4.78. The Bertz CT molecular complexity index is 1070.